The molecule has 0 radical (unpaired) electrons. The van der Waals surface area contributed by atoms with Crippen molar-refractivity contribution in [3.8, 4) is 5.75 Å². The van der Waals surface area contributed by atoms with Gasteiger partial charge in [-0.25, -0.2) is 17.5 Å². The molecule has 0 atom stereocenters. The lowest BCUT2D eigenvalue weighted by molar-refractivity contribution is 0.0517. The molecule has 0 bridgehead atoms. The zero-order valence-electron chi connectivity index (χ0n) is 14.9. The molecule has 27 heavy (non-hydrogen) atoms. The molecule has 0 spiro atoms. The first-order valence-electron chi connectivity index (χ1n) is 8.53. The molecule has 2 aromatic rings. The fourth-order valence-corrected chi connectivity index (χ4v) is 4.63. The van der Waals surface area contributed by atoms with Gasteiger partial charge in [-0.05, 0) is 48.7 Å². The van der Waals surface area contributed by atoms with Crippen LogP contribution in [0.15, 0.2) is 47.4 Å². The van der Waals surface area contributed by atoms with Gasteiger partial charge in [-0.1, -0.05) is 23.7 Å². The minimum absolute atomic E-state index is 0.0640. The Morgan fingerprint density at radius 1 is 1.19 bits per heavy atom. The maximum absolute atomic E-state index is 13.3. The van der Waals surface area contributed by atoms with Gasteiger partial charge in [0, 0.05) is 25.2 Å². The van der Waals surface area contributed by atoms with E-state index in [0.717, 1.165) is 23.4 Å². The molecule has 1 aliphatic rings. The second kappa shape index (κ2) is 8.14. The van der Waals surface area contributed by atoms with Crippen LogP contribution in [-0.4, -0.2) is 35.3 Å². The van der Waals surface area contributed by atoms with E-state index in [9.17, 15) is 12.8 Å². The quantitative estimate of drug-likeness (QED) is 0.787. The molecule has 1 N–H and O–H groups in total. The monoisotopic (exact) mass is 413 g/mol. The molecule has 1 saturated heterocycles. The summed E-state index contributed by atoms with van der Waals surface area (Å²) in [6, 6.07) is 11.0. The number of methoxy groups -OCH3 is 1. The molecule has 146 valence electrons. The van der Waals surface area contributed by atoms with E-state index < -0.39 is 15.8 Å². The van der Waals surface area contributed by atoms with Crippen LogP contribution < -0.4 is 9.46 Å². The lowest BCUT2D eigenvalue weighted by Gasteiger charge is -2.38. The summed E-state index contributed by atoms with van der Waals surface area (Å²) in [7, 11) is -2.23. The van der Waals surface area contributed by atoms with E-state index in [1.54, 1.807) is 7.11 Å². The molecular formula is C19H21ClFNO4S. The van der Waals surface area contributed by atoms with E-state index in [-0.39, 0.29) is 21.9 Å². The maximum atomic E-state index is 13.3. The summed E-state index contributed by atoms with van der Waals surface area (Å²) < 4.78 is 52.0. The minimum atomic E-state index is -3.82. The van der Waals surface area contributed by atoms with Crippen LogP contribution in [0.4, 0.5) is 4.39 Å². The van der Waals surface area contributed by atoms with Crippen LogP contribution in [0.25, 0.3) is 0 Å². The molecule has 2 aromatic carbocycles. The molecule has 0 aromatic heterocycles. The summed E-state index contributed by atoms with van der Waals surface area (Å²) in [5.74, 6) is 0.0808. The summed E-state index contributed by atoms with van der Waals surface area (Å²) in [5, 5.41) is -0.228. The van der Waals surface area contributed by atoms with Crippen molar-refractivity contribution in [3.05, 3.63) is 58.9 Å². The maximum Gasteiger partial charge on any atom is 0.240 e. The fourth-order valence-electron chi connectivity index (χ4n) is 3.23. The molecule has 5 nitrogen and oxygen atoms in total. The van der Waals surface area contributed by atoms with Gasteiger partial charge in [0.25, 0.3) is 0 Å². The summed E-state index contributed by atoms with van der Waals surface area (Å²) in [5.41, 5.74) is 0.632. The van der Waals surface area contributed by atoms with Gasteiger partial charge in [0.15, 0.2) is 0 Å². The largest absolute Gasteiger partial charge is 0.497 e. The molecule has 3 rings (SSSR count). The predicted octanol–water partition coefficient (Wildman–Crippen LogP) is 3.51. The Morgan fingerprint density at radius 2 is 1.85 bits per heavy atom. The van der Waals surface area contributed by atoms with Crippen LogP contribution in [-0.2, 0) is 20.2 Å². The van der Waals surface area contributed by atoms with Gasteiger partial charge in [0.1, 0.15) is 11.6 Å². The number of nitrogens with one attached hydrogen (secondary N) is 1. The van der Waals surface area contributed by atoms with Crippen molar-refractivity contribution in [1.82, 2.24) is 4.72 Å². The zero-order valence-corrected chi connectivity index (χ0v) is 16.4. The Hall–Kier alpha value is -1.67. The fraction of sp³-hybridized carbons (Fsp3) is 0.368. The van der Waals surface area contributed by atoms with Gasteiger partial charge in [0.2, 0.25) is 10.0 Å². The van der Waals surface area contributed by atoms with Crippen molar-refractivity contribution in [2.75, 3.05) is 26.9 Å². The summed E-state index contributed by atoms with van der Waals surface area (Å²) in [6.07, 6.45) is 1.37. The highest BCUT2D eigenvalue weighted by atomic mass is 35.5. The van der Waals surface area contributed by atoms with Gasteiger partial charge in [-0.15, -0.1) is 0 Å². The van der Waals surface area contributed by atoms with E-state index in [1.165, 1.54) is 6.07 Å². The van der Waals surface area contributed by atoms with Gasteiger partial charge < -0.3 is 9.47 Å². The SMILES string of the molecule is COc1ccc(C2(CNS(=O)(=O)c3ccc(F)c(Cl)c3)CCOCC2)cc1. The summed E-state index contributed by atoms with van der Waals surface area (Å²) in [4.78, 5) is -0.0640. The second-order valence-electron chi connectivity index (χ2n) is 6.52. The predicted molar refractivity (Wildman–Crippen MR) is 101 cm³/mol. The molecule has 1 aliphatic heterocycles. The summed E-state index contributed by atoms with van der Waals surface area (Å²) >= 11 is 5.72. The minimum Gasteiger partial charge on any atom is -0.497 e. The Balaban J connectivity index is 1.85. The third-order valence-corrected chi connectivity index (χ3v) is 6.64. The average molecular weight is 414 g/mol. The van der Waals surface area contributed by atoms with Gasteiger partial charge in [-0.3, -0.25) is 0 Å². The van der Waals surface area contributed by atoms with Crippen molar-refractivity contribution in [3.63, 3.8) is 0 Å². The van der Waals surface area contributed by atoms with Crippen LogP contribution in [0.3, 0.4) is 0 Å². The van der Waals surface area contributed by atoms with E-state index in [2.05, 4.69) is 4.72 Å². The first kappa shape index (κ1) is 20.1. The summed E-state index contributed by atoms with van der Waals surface area (Å²) in [6.45, 7) is 1.31. The van der Waals surface area contributed by atoms with Gasteiger partial charge in [-0.2, -0.15) is 0 Å². The standard InChI is InChI=1S/C19H21ClFNO4S/c1-25-15-4-2-14(3-5-15)19(8-10-26-11-9-19)13-22-27(23,24)16-6-7-18(21)17(20)12-16/h2-7,12,22H,8-11,13H2,1H3. The Labute approximate surface area is 163 Å². The first-order valence-corrected chi connectivity index (χ1v) is 10.4. The highest BCUT2D eigenvalue weighted by Gasteiger charge is 2.36. The molecule has 1 fully saturated rings. The molecule has 8 heteroatoms. The molecule has 1 heterocycles. The molecular weight excluding hydrogens is 393 g/mol. The number of ether oxygens (including phenoxy) is 2. The van der Waals surface area contributed by atoms with Gasteiger partial charge >= 0.3 is 0 Å². The molecule has 0 unspecified atom stereocenters. The topological polar surface area (TPSA) is 64.6 Å². The number of sulfonamides is 1. The Morgan fingerprint density at radius 3 is 2.44 bits per heavy atom. The van der Waals surface area contributed by atoms with E-state index >= 15 is 0 Å². The van der Waals surface area contributed by atoms with E-state index in [1.807, 2.05) is 24.3 Å². The van der Waals surface area contributed by atoms with Crippen LogP contribution >= 0.6 is 11.6 Å². The number of hydrogen-bond acceptors (Lipinski definition) is 4. The molecule has 0 aliphatic carbocycles. The lowest BCUT2D eigenvalue weighted by atomic mass is 9.74. The second-order valence-corrected chi connectivity index (χ2v) is 8.70. The number of hydrogen-bond donors (Lipinski definition) is 1. The first-order chi connectivity index (χ1) is 12.9. The Kier molecular flexibility index (Phi) is 6.05. The molecule has 0 saturated carbocycles. The van der Waals surface area contributed by atoms with Crippen LogP contribution in [0.1, 0.15) is 18.4 Å². The smallest absolute Gasteiger partial charge is 0.240 e. The highest BCUT2D eigenvalue weighted by Crippen LogP contribution is 2.35. The van der Waals surface area contributed by atoms with E-state index in [4.69, 9.17) is 21.1 Å². The Bertz CT molecular complexity index is 896. The highest BCUT2D eigenvalue weighted by molar-refractivity contribution is 7.89. The van der Waals surface area contributed by atoms with Crippen molar-refractivity contribution in [2.24, 2.45) is 0 Å². The van der Waals surface area contributed by atoms with Crippen molar-refractivity contribution in [1.29, 1.82) is 0 Å². The van der Waals surface area contributed by atoms with E-state index in [0.29, 0.717) is 26.1 Å². The van der Waals surface area contributed by atoms with Crippen LogP contribution in [0, 0.1) is 5.82 Å². The number of benzene rings is 2. The van der Waals surface area contributed by atoms with Crippen LogP contribution in [0.5, 0.6) is 5.75 Å². The van der Waals surface area contributed by atoms with Crippen molar-refractivity contribution >= 4 is 21.6 Å². The zero-order chi connectivity index (χ0) is 19.5. The van der Waals surface area contributed by atoms with Crippen molar-refractivity contribution < 1.29 is 22.3 Å². The van der Waals surface area contributed by atoms with Crippen molar-refractivity contribution in [2.45, 2.75) is 23.2 Å². The lowest BCUT2D eigenvalue weighted by Crippen LogP contribution is -2.44. The third-order valence-electron chi connectivity index (χ3n) is 4.95. The normalized spacial score (nSPS) is 16.9. The number of rotatable bonds is 6. The molecule has 0 amide bonds. The number of halogens is 2. The average Bonchev–Trinajstić information content (AvgIpc) is 2.69. The van der Waals surface area contributed by atoms with Crippen LogP contribution in [0.2, 0.25) is 5.02 Å². The van der Waals surface area contributed by atoms with Gasteiger partial charge in [0.05, 0.1) is 17.0 Å². The third kappa shape index (κ3) is 4.43.